The summed E-state index contributed by atoms with van der Waals surface area (Å²) in [5.74, 6) is -0.557. The number of rotatable bonds is 1. The Morgan fingerprint density at radius 1 is 1.46 bits per heavy atom. The first-order valence-electron chi connectivity index (χ1n) is 2.95. The molecule has 1 aromatic heterocycles. The largest absolute Gasteiger partial charge is 0.574 e. The summed E-state index contributed by atoms with van der Waals surface area (Å²) in [5, 5.41) is 0.176. The summed E-state index contributed by atoms with van der Waals surface area (Å²) >= 11 is 7.39. The van der Waals surface area contributed by atoms with E-state index in [-0.39, 0.29) is 5.02 Å². The molecule has 1 rings (SSSR count). The van der Waals surface area contributed by atoms with Crippen molar-refractivity contribution in [2.75, 3.05) is 0 Å². The van der Waals surface area contributed by atoms with Gasteiger partial charge in [0.2, 0.25) is 5.88 Å². The Hall–Kier alpha value is -0.240. The van der Waals surface area contributed by atoms with Gasteiger partial charge in [0.05, 0.1) is 8.59 Å². The molecular weight excluding hydrogens is 321 g/mol. The summed E-state index contributed by atoms with van der Waals surface area (Å²) < 4.78 is 39.1. The molecule has 0 aliphatic heterocycles. The molecule has 0 aliphatic rings. The van der Waals surface area contributed by atoms with Gasteiger partial charge in [-0.15, -0.1) is 13.2 Å². The fourth-order valence-electron chi connectivity index (χ4n) is 0.571. The van der Waals surface area contributed by atoms with Crippen LogP contribution in [0.3, 0.4) is 0 Å². The lowest BCUT2D eigenvalue weighted by atomic mass is 10.5. The van der Waals surface area contributed by atoms with Crippen LogP contribution in [0.1, 0.15) is 0 Å². The van der Waals surface area contributed by atoms with Crippen LogP contribution in [0, 0.1) is 3.57 Å². The van der Waals surface area contributed by atoms with Crippen LogP contribution in [0.4, 0.5) is 13.2 Å². The van der Waals surface area contributed by atoms with E-state index in [0.29, 0.717) is 3.57 Å². The minimum Gasteiger partial charge on any atom is -0.388 e. The van der Waals surface area contributed by atoms with Crippen molar-refractivity contribution in [3.63, 3.8) is 0 Å². The van der Waals surface area contributed by atoms with Crippen molar-refractivity contribution in [3.05, 3.63) is 20.9 Å². The van der Waals surface area contributed by atoms with Crippen molar-refractivity contribution in [2.45, 2.75) is 6.36 Å². The van der Waals surface area contributed by atoms with Crippen LogP contribution in [0.25, 0.3) is 0 Å². The zero-order valence-electron chi connectivity index (χ0n) is 5.90. The van der Waals surface area contributed by atoms with Gasteiger partial charge in [-0.1, -0.05) is 11.6 Å². The maximum absolute atomic E-state index is 11.7. The average Bonchev–Trinajstić information content (AvgIpc) is 1.94. The number of hydrogen-bond acceptors (Lipinski definition) is 2. The van der Waals surface area contributed by atoms with Crippen molar-refractivity contribution in [2.24, 2.45) is 0 Å². The first-order chi connectivity index (χ1) is 5.88. The van der Waals surface area contributed by atoms with Gasteiger partial charge in [-0.2, -0.15) is 0 Å². The second-order valence-electron chi connectivity index (χ2n) is 1.98. The average molecular weight is 323 g/mol. The second kappa shape index (κ2) is 3.87. The maximum Gasteiger partial charge on any atom is 0.574 e. The summed E-state index contributed by atoms with van der Waals surface area (Å²) in [7, 11) is 0. The van der Waals surface area contributed by atoms with Crippen molar-refractivity contribution < 1.29 is 17.9 Å². The summed E-state index contributed by atoms with van der Waals surface area (Å²) in [5.41, 5.74) is 0. The number of aromatic nitrogens is 1. The number of hydrogen-bond donors (Lipinski definition) is 0. The highest BCUT2D eigenvalue weighted by Crippen LogP contribution is 2.25. The van der Waals surface area contributed by atoms with Crippen molar-refractivity contribution in [1.29, 1.82) is 0 Å². The molecule has 0 aliphatic carbocycles. The molecule has 1 heterocycles. The van der Waals surface area contributed by atoms with E-state index in [4.69, 9.17) is 11.6 Å². The highest BCUT2D eigenvalue weighted by Gasteiger charge is 2.31. The van der Waals surface area contributed by atoms with Gasteiger partial charge in [-0.25, -0.2) is 4.98 Å². The summed E-state index contributed by atoms with van der Waals surface area (Å²) in [6.45, 7) is 0. The predicted molar refractivity (Wildman–Crippen MR) is 48.6 cm³/mol. The Labute approximate surface area is 90.2 Å². The van der Waals surface area contributed by atoms with E-state index < -0.39 is 12.2 Å². The molecular formula is C6H2ClF3INO. The molecule has 7 heteroatoms. The molecule has 0 bridgehead atoms. The van der Waals surface area contributed by atoms with Gasteiger partial charge in [0.25, 0.3) is 0 Å². The SMILES string of the molecule is FC(F)(F)Oc1cc(Cl)c(I)cn1. The Kier molecular flexibility index (Phi) is 3.23. The predicted octanol–water partition coefficient (Wildman–Crippen LogP) is 3.24. The van der Waals surface area contributed by atoms with Crippen LogP contribution in [0.2, 0.25) is 5.02 Å². The van der Waals surface area contributed by atoms with E-state index in [2.05, 4.69) is 9.72 Å². The lowest BCUT2D eigenvalue weighted by Gasteiger charge is -2.07. The van der Waals surface area contributed by atoms with Gasteiger partial charge in [0.15, 0.2) is 0 Å². The van der Waals surface area contributed by atoms with Crippen LogP contribution < -0.4 is 4.74 Å². The van der Waals surface area contributed by atoms with Crippen LogP contribution in [-0.4, -0.2) is 11.3 Å². The van der Waals surface area contributed by atoms with Crippen molar-refractivity contribution in [3.8, 4) is 5.88 Å². The first kappa shape index (κ1) is 10.8. The fourth-order valence-corrected chi connectivity index (χ4v) is 1.01. The molecule has 0 radical (unpaired) electrons. The van der Waals surface area contributed by atoms with Crippen LogP contribution in [0.15, 0.2) is 12.3 Å². The Morgan fingerprint density at radius 3 is 2.54 bits per heavy atom. The number of ether oxygens (including phenoxy) is 1. The maximum atomic E-state index is 11.7. The van der Waals surface area contributed by atoms with Gasteiger partial charge in [-0.05, 0) is 22.6 Å². The third kappa shape index (κ3) is 3.55. The molecule has 0 unspecified atom stereocenters. The molecule has 0 fully saturated rings. The Morgan fingerprint density at radius 2 is 2.08 bits per heavy atom. The molecule has 0 saturated carbocycles. The summed E-state index contributed by atoms with van der Waals surface area (Å²) in [6.07, 6.45) is -3.53. The monoisotopic (exact) mass is 323 g/mol. The molecule has 1 aromatic rings. The van der Waals surface area contributed by atoms with E-state index in [1.54, 1.807) is 0 Å². The van der Waals surface area contributed by atoms with Gasteiger partial charge in [0.1, 0.15) is 0 Å². The van der Waals surface area contributed by atoms with Gasteiger partial charge >= 0.3 is 6.36 Å². The molecule has 0 spiro atoms. The van der Waals surface area contributed by atoms with Gasteiger partial charge in [-0.3, -0.25) is 0 Å². The Balaban J connectivity index is 2.86. The first-order valence-corrected chi connectivity index (χ1v) is 4.41. The molecule has 0 atom stereocenters. The highest BCUT2D eigenvalue weighted by atomic mass is 127. The zero-order valence-corrected chi connectivity index (χ0v) is 8.81. The van der Waals surface area contributed by atoms with Crippen molar-refractivity contribution in [1.82, 2.24) is 4.98 Å². The lowest BCUT2D eigenvalue weighted by Crippen LogP contribution is -2.17. The summed E-state index contributed by atoms with van der Waals surface area (Å²) in [4.78, 5) is 3.39. The minimum absolute atomic E-state index is 0.176. The van der Waals surface area contributed by atoms with Gasteiger partial charge in [0, 0.05) is 12.3 Å². The molecule has 72 valence electrons. The van der Waals surface area contributed by atoms with Crippen LogP contribution >= 0.6 is 34.2 Å². The smallest absolute Gasteiger partial charge is 0.388 e. The third-order valence-corrected chi connectivity index (χ3v) is 2.49. The highest BCUT2D eigenvalue weighted by molar-refractivity contribution is 14.1. The topological polar surface area (TPSA) is 22.1 Å². The molecule has 0 N–H and O–H groups in total. The fraction of sp³-hybridized carbons (Fsp3) is 0.167. The molecule has 2 nitrogen and oxygen atoms in total. The second-order valence-corrected chi connectivity index (χ2v) is 3.55. The Bertz CT molecular complexity index is 317. The van der Waals surface area contributed by atoms with Crippen molar-refractivity contribution >= 4 is 34.2 Å². The number of alkyl halides is 3. The molecule has 0 saturated heterocycles. The molecule has 13 heavy (non-hydrogen) atoms. The van der Waals surface area contributed by atoms with E-state index in [0.717, 1.165) is 6.07 Å². The quantitative estimate of drug-likeness (QED) is 0.740. The third-order valence-electron chi connectivity index (χ3n) is 1.00. The molecule has 0 amide bonds. The van der Waals surface area contributed by atoms with Crippen LogP contribution in [-0.2, 0) is 0 Å². The standard InChI is InChI=1S/C6H2ClF3INO/c7-3-1-5(12-2-4(3)11)13-6(8,9)10/h1-2H. The molecule has 0 aromatic carbocycles. The van der Waals surface area contributed by atoms with Crippen LogP contribution in [0.5, 0.6) is 5.88 Å². The van der Waals surface area contributed by atoms with E-state index >= 15 is 0 Å². The summed E-state index contributed by atoms with van der Waals surface area (Å²) in [6, 6.07) is 1.01. The zero-order chi connectivity index (χ0) is 10.1. The minimum atomic E-state index is -4.73. The van der Waals surface area contributed by atoms with Gasteiger partial charge < -0.3 is 4.74 Å². The lowest BCUT2D eigenvalue weighted by molar-refractivity contribution is -0.276. The number of pyridine rings is 1. The van der Waals surface area contributed by atoms with E-state index in [9.17, 15) is 13.2 Å². The van der Waals surface area contributed by atoms with E-state index in [1.807, 2.05) is 22.6 Å². The normalized spacial score (nSPS) is 11.5. The number of nitrogens with zero attached hydrogens (tertiary/aromatic N) is 1. The van der Waals surface area contributed by atoms with E-state index in [1.165, 1.54) is 6.20 Å². The number of halogens is 5.